The maximum atomic E-state index is 11.6. The molecule has 1 saturated carbocycles. The molecule has 110 valence electrons. The van der Waals surface area contributed by atoms with Crippen LogP contribution in [0.25, 0.3) is 0 Å². The van der Waals surface area contributed by atoms with E-state index in [4.69, 9.17) is 0 Å². The van der Waals surface area contributed by atoms with Crippen LogP contribution in [0.3, 0.4) is 0 Å². The zero-order valence-electron chi connectivity index (χ0n) is 12.1. The van der Waals surface area contributed by atoms with Gasteiger partial charge in [-0.05, 0) is 24.7 Å². The number of hydrogen-bond donors (Lipinski definition) is 1. The van der Waals surface area contributed by atoms with E-state index in [0.29, 0.717) is 15.9 Å². The van der Waals surface area contributed by atoms with Gasteiger partial charge in [0.15, 0.2) is 16.6 Å². The summed E-state index contributed by atoms with van der Waals surface area (Å²) in [6, 6.07) is 0. The number of methoxy groups -OCH3 is 1. The topological polar surface area (TPSA) is 68.3 Å². The third-order valence-electron chi connectivity index (χ3n) is 3.67. The number of nitrogens with one attached hydrogen (secondary N) is 1. The lowest BCUT2D eigenvalue weighted by Gasteiger charge is -2.09. The Morgan fingerprint density at radius 3 is 2.75 bits per heavy atom. The highest BCUT2D eigenvalue weighted by Gasteiger charge is 2.24. The summed E-state index contributed by atoms with van der Waals surface area (Å²) >= 11 is 1.22. The molecule has 0 aromatic carbocycles. The van der Waals surface area contributed by atoms with Crippen molar-refractivity contribution in [3.8, 4) is 0 Å². The van der Waals surface area contributed by atoms with E-state index in [0.717, 1.165) is 12.5 Å². The number of thiazole rings is 1. The predicted molar refractivity (Wildman–Crippen MR) is 78.5 cm³/mol. The number of anilines is 1. The van der Waals surface area contributed by atoms with Crippen LogP contribution in [0.15, 0.2) is 0 Å². The minimum Gasteiger partial charge on any atom is -0.464 e. The number of esters is 1. The van der Waals surface area contributed by atoms with Crippen LogP contribution in [0.5, 0.6) is 0 Å². The number of carbonyl (C=O) groups excluding carboxylic acids is 2. The standard InChI is InChI=1S/C14H20N2O3S/c1-8-4-5-10(6-8)7-15-14-16-11(13(18)19-3)12(20-14)9(2)17/h8,10H,4-7H2,1-3H3,(H,15,16). The SMILES string of the molecule is COC(=O)c1nc(NCC2CCC(C)C2)sc1C(C)=O. The van der Waals surface area contributed by atoms with Crippen molar-refractivity contribution in [2.24, 2.45) is 11.8 Å². The van der Waals surface area contributed by atoms with Gasteiger partial charge in [0.05, 0.1) is 7.11 Å². The number of hydrogen-bond acceptors (Lipinski definition) is 6. The second kappa shape index (κ2) is 6.35. The van der Waals surface area contributed by atoms with Gasteiger partial charge in [0.25, 0.3) is 0 Å². The molecule has 1 aromatic rings. The Morgan fingerprint density at radius 2 is 2.20 bits per heavy atom. The molecular formula is C14H20N2O3S. The normalized spacial score (nSPS) is 21.8. The maximum Gasteiger partial charge on any atom is 0.358 e. The van der Waals surface area contributed by atoms with Crippen molar-refractivity contribution < 1.29 is 14.3 Å². The first-order chi connectivity index (χ1) is 9.51. The number of ketones is 1. The van der Waals surface area contributed by atoms with E-state index in [2.05, 4.69) is 22.0 Å². The van der Waals surface area contributed by atoms with E-state index in [-0.39, 0.29) is 11.5 Å². The first-order valence-corrected chi connectivity index (χ1v) is 7.66. The number of ether oxygens (including phenoxy) is 1. The van der Waals surface area contributed by atoms with Crippen molar-refractivity contribution in [1.82, 2.24) is 4.98 Å². The lowest BCUT2D eigenvalue weighted by Crippen LogP contribution is -2.11. The molecule has 6 heteroatoms. The van der Waals surface area contributed by atoms with Crippen molar-refractivity contribution in [3.05, 3.63) is 10.6 Å². The Morgan fingerprint density at radius 1 is 1.45 bits per heavy atom. The summed E-state index contributed by atoms with van der Waals surface area (Å²) in [5.41, 5.74) is 0.118. The second-order valence-electron chi connectivity index (χ2n) is 5.41. The largest absolute Gasteiger partial charge is 0.464 e. The average Bonchev–Trinajstić information content (AvgIpc) is 3.01. The molecule has 0 radical (unpaired) electrons. The summed E-state index contributed by atoms with van der Waals surface area (Å²) in [7, 11) is 1.29. The van der Waals surface area contributed by atoms with E-state index in [1.54, 1.807) is 0 Å². The lowest BCUT2D eigenvalue weighted by atomic mass is 10.1. The van der Waals surface area contributed by atoms with Crippen LogP contribution in [0.4, 0.5) is 5.13 Å². The van der Waals surface area contributed by atoms with E-state index in [1.807, 2.05) is 0 Å². The maximum absolute atomic E-state index is 11.6. The minimum atomic E-state index is -0.561. The molecule has 1 N–H and O–H groups in total. The molecule has 5 nitrogen and oxygen atoms in total. The molecule has 0 amide bonds. The molecule has 20 heavy (non-hydrogen) atoms. The summed E-state index contributed by atoms with van der Waals surface area (Å²) < 4.78 is 4.66. The second-order valence-corrected chi connectivity index (χ2v) is 6.41. The monoisotopic (exact) mass is 296 g/mol. The van der Waals surface area contributed by atoms with Gasteiger partial charge in [0.1, 0.15) is 4.88 Å². The predicted octanol–water partition coefficient (Wildman–Crippen LogP) is 2.98. The van der Waals surface area contributed by atoms with Crippen molar-refractivity contribution in [3.63, 3.8) is 0 Å². The molecule has 2 atom stereocenters. The number of rotatable bonds is 5. The van der Waals surface area contributed by atoms with Crippen molar-refractivity contribution in [2.45, 2.75) is 33.1 Å². The Labute approximate surface area is 122 Å². The van der Waals surface area contributed by atoms with Gasteiger partial charge in [-0.25, -0.2) is 9.78 Å². The number of nitrogens with zero attached hydrogens (tertiary/aromatic N) is 1. The van der Waals surface area contributed by atoms with Crippen LogP contribution in [-0.4, -0.2) is 30.4 Å². The van der Waals surface area contributed by atoms with Gasteiger partial charge in [-0.3, -0.25) is 4.79 Å². The fourth-order valence-corrected chi connectivity index (χ4v) is 3.47. The van der Waals surface area contributed by atoms with Crippen LogP contribution in [0, 0.1) is 11.8 Å². The van der Waals surface area contributed by atoms with Gasteiger partial charge in [0.2, 0.25) is 0 Å². The van der Waals surface area contributed by atoms with Crippen LogP contribution in [0.2, 0.25) is 0 Å². The average molecular weight is 296 g/mol. The van der Waals surface area contributed by atoms with Crippen molar-refractivity contribution in [2.75, 3.05) is 19.0 Å². The zero-order chi connectivity index (χ0) is 14.7. The van der Waals surface area contributed by atoms with Crippen molar-refractivity contribution >= 4 is 28.2 Å². The molecule has 1 heterocycles. The van der Waals surface area contributed by atoms with Crippen LogP contribution >= 0.6 is 11.3 Å². The lowest BCUT2D eigenvalue weighted by molar-refractivity contribution is 0.0591. The molecule has 1 fully saturated rings. The molecule has 1 aliphatic carbocycles. The molecule has 1 aromatic heterocycles. The quantitative estimate of drug-likeness (QED) is 0.668. The molecular weight excluding hydrogens is 276 g/mol. The summed E-state index contributed by atoms with van der Waals surface area (Å²) in [5.74, 6) is 0.715. The fourth-order valence-electron chi connectivity index (χ4n) is 2.61. The molecule has 1 aliphatic rings. The van der Waals surface area contributed by atoms with Crippen LogP contribution < -0.4 is 5.32 Å². The summed E-state index contributed by atoms with van der Waals surface area (Å²) in [6.45, 7) is 4.55. The van der Waals surface area contributed by atoms with E-state index < -0.39 is 5.97 Å². The molecule has 0 bridgehead atoms. The highest BCUT2D eigenvalue weighted by atomic mass is 32.1. The highest BCUT2D eigenvalue weighted by molar-refractivity contribution is 7.17. The van der Waals surface area contributed by atoms with E-state index in [9.17, 15) is 9.59 Å². The first kappa shape index (κ1) is 15.0. The van der Waals surface area contributed by atoms with Gasteiger partial charge in [-0.1, -0.05) is 24.7 Å². The van der Waals surface area contributed by atoms with Crippen LogP contribution in [-0.2, 0) is 4.74 Å². The molecule has 2 rings (SSSR count). The van der Waals surface area contributed by atoms with E-state index in [1.165, 1.54) is 44.6 Å². The first-order valence-electron chi connectivity index (χ1n) is 6.85. The smallest absolute Gasteiger partial charge is 0.358 e. The Hall–Kier alpha value is -1.43. The summed E-state index contributed by atoms with van der Waals surface area (Å²) in [6.07, 6.45) is 3.72. The third kappa shape index (κ3) is 3.36. The van der Waals surface area contributed by atoms with Crippen molar-refractivity contribution in [1.29, 1.82) is 0 Å². The summed E-state index contributed by atoms with van der Waals surface area (Å²) in [4.78, 5) is 27.7. The minimum absolute atomic E-state index is 0.118. The van der Waals surface area contributed by atoms with Gasteiger partial charge in [0, 0.05) is 13.5 Å². The van der Waals surface area contributed by atoms with E-state index >= 15 is 0 Å². The number of Topliss-reactive ketones (excluding diaryl/α,β-unsaturated/α-hetero) is 1. The van der Waals surface area contributed by atoms with Gasteiger partial charge >= 0.3 is 5.97 Å². The molecule has 0 aliphatic heterocycles. The Bertz CT molecular complexity index is 513. The number of carbonyl (C=O) groups is 2. The fraction of sp³-hybridized carbons (Fsp3) is 0.643. The number of aromatic nitrogens is 1. The Kier molecular flexibility index (Phi) is 4.75. The van der Waals surface area contributed by atoms with Gasteiger partial charge < -0.3 is 10.1 Å². The molecule has 0 spiro atoms. The molecule has 0 saturated heterocycles. The zero-order valence-corrected chi connectivity index (χ0v) is 12.9. The van der Waals surface area contributed by atoms with Gasteiger partial charge in [-0.15, -0.1) is 0 Å². The highest BCUT2D eigenvalue weighted by Crippen LogP contribution is 2.31. The van der Waals surface area contributed by atoms with Crippen LogP contribution in [0.1, 0.15) is 53.3 Å². The third-order valence-corrected chi connectivity index (χ3v) is 4.78. The molecule has 2 unspecified atom stereocenters. The Balaban J connectivity index is 2.05. The summed E-state index contributed by atoms with van der Waals surface area (Å²) in [5, 5.41) is 3.87. The van der Waals surface area contributed by atoms with Gasteiger partial charge in [-0.2, -0.15) is 0 Å².